The number of nitriles is 1. The van der Waals surface area contributed by atoms with Gasteiger partial charge in [-0.25, -0.2) is 4.39 Å². The monoisotopic (exact) mass is 323 g/mol. The molecule has 0 bridgehead atoms. The van der Waals surface area contributed by atoms with E-state index in [0.29, 0.717) is 12.8 Å². The van der Waals surface area contributed by atoms with Gasteiger partial charge in [0, 0.05) is 6.04 Å². The fourth-order valence-corrected chi connectivity index (χ4v) is 2.89. The van der Waals surface area contributed by atoms with Crippen LogP contribution in [-0.4, -0.2) is 18.0 Å². The van der Waals surface area contributed by atoms with Crippen molar-refractivity contribution in [2.24, 2.45) is 0 Å². The summed E-state index contributed by atoms with van der Waals surface area (Å²) in [5, 5.41) is 15.2. The second kappa shape index (κ2) is 7.08. The van der Waals surface area contributed by atoms with Crippen LogP contribution in [0.3, 0.4) is 0 Å². The minimum absolute atomic E-state index is 0.0602. The Labute approximate surface area is 134 Å². The van der Waals surface area contributed by atoms with E-state index in [1.807, 2.05) is 6.92 Å². The van der Waals surface area contributed by atoms with Gasteiger partial charge < -0.3 is 10.6 Å². The Morgan fingerprint density at radius 2 is 2.18 bits per heavy atom. The highest BCUT2D eigenvalue weighted by Crippen LogP contribution is 2.28. The Morgan fingerprint density at radius 1 is 1.50 bits per heavy atom. The Balaban J connectivity index is 1.88. The van der Waals surface area contributed by atoms with E-state index in [2.05, 4.69) is 16.7 Å². The number of carbonyl (C=O) groups is 1. The highest BCUT2D eigenvalue weighted by atomic mass is 35.5. The van der Waals surface area contributed by atoms with E-state index in [1.54, 1.807) is 12.1 Å². The summed E-state index contributed by atoms with van der Waals surface area (Å²) in [5.74, 6) is -0.670. The summed E-state index contributed by atoms with van der Waals surface area (Å²) in [7, 11) is 0. The molecule has 1 aromatic rings. The van der Waals surface area contributed by atoms with Crippen molar-refractivity contribution in [1.82, 2.24) is 10.6 Å². The highest BCUT2D eigenvalue weighted by molar-refractivity contribution is 6.30. The third-order valence-corrected chi connectivity index (χ3v) is 4.35. The van der Waals surface area contributed by atoms with E-state index in [9.17, 15) is 14.4 Å². The van der Waals surface area contributed by atoms with Crippen LogP contribution in [0.5, 0.6) is 0 Å². The van der Waals surface area contributed by atoms with Crippen molar-refractivity contribution in [2.45, 2.75) is 44.2 Å². The lowest BCUT2D eigenvalue weighted by molar-refractivity contribution is -0.121. The van der Waals surface area contributed by atoms with Crippen LogP contribution in [0.1, 0.15) is 44.2 Å². The molecule has 0 radical (unpaired) electrons. The zero-order chi connectivity index (χ0) is 16.2. The molecule has 1 amide bonds. The maximum atomic E-state index is 13.1. The molecule has 4 nitrogen and oxygen atoms in total. The summed E-state index contributed by atoms with van der Waals surface area (Å²) >= 11 is 5.75. The van der Waals surface area contributed by atoms with Crippen LogP contribution in [0.4, 0.5) is 4.39 Å². The fourth-order valence-electron chi connectivity index (χ4n) is 2.70. The van der Waals surface area contributed by atoms with Crippen LogP contribution < -0.4 is 10.6 Å². The van der Waals surface area contributed by atoms with Crippen molar-refractivity contribution in [3.63, 3.8) is 0 Å². The number of rotatable bonds is 5. The lowest BCUT2D eigenvalue weighted by atomic mass is 10.00. The molecule has 1 aromatic carbocycles. The molecule has 2 N–H and O–H groups in total. The van der Waals surface area contributed by atoms with Crippen molar-refractivity contribution < 1.29 is 9.18 Å². The van der Waals surface area contributed by atoms with Gasteiger partial charge in [0.1, 0.15) is 11.4 Å². The number of hydrogen-bond acceptors (Lipinski definition) is 3. The normalized spacial score (nSPS) is 17.7. The van der Waals surface area contributed by atoms with Crippen molar-refractivity contribution >= 4 is 17.5 Å². The molecule has 1 aliphatic carbocycles. The molecule has 22 heavy (non-hydrogen) atoms. The van der Waals surface area contributed by atoms with Crippen LogP contribution in [0.2, 0.25) is 5.02 Å². The number of halogens is 2. The largest absolute Gasteiger partial charge is 0.337 e. The summed E-state index contributed by atoms with van der Waals surface area (Å²) in [5.41, 5.74) is 0.0938. The minimum atomic E-state index is -0.707. The molecule has 1 atom stereocenters. The second-order valence-electron chi connectivity index (χ2n) is 5.73. The predicted molar refractivity (Wildman–Crippen MR) is 82.8 cm³/mol. The van der Waals surface area contributed by atoms with Crippen LogP contribution in [0, 0.1) is 17.1 Å². The number of nitrogens with zero attached hydrogens (tertiary/aromatic N) is 1. The zero-order valence-corrected chi connectivity index (χ0v) is 13.2. The topological polar surface area (TPSA) is 64.9 Å². The molecule has 6 heteroatoms. The second-order valence-corrected chi connectivity index (χ2v) is 6.13. The Kier molecular flexibility index (Phi) is 5.38. The van der Waals surface area contributed by atoms with Crippen molar-refractivity contribution in [3.8, 4) is 6.07 Å². The van der Waals surface area contributed by atoms with E-state index >= 15 is 0 Å². The van der Waals surface area contributed by atoms with Gasteiger partial charge in [-0.3, -0.25) is 4.79 Å². The van der Waals surface area contributed by atoms with Gasteiger partial charge in [0.15, 0.2) is 0 Å². The zero-order valence-electron chi connectivity index (χ0n) is 12.5. The average Bonchev–Trinajstić information content (AvgIpc) is 2.96. The fraction of sp³-hybridized carbons (Fsp3) is 0.500. The van der Waals surface area contributed by atoms with E-state index in [1.165, 1.54) is 6.07 Å². The maximum absolute atomic E-state index is 13.1. The van der Waals surface area contributed by atoms with Gasteiger partial charge in [-0.05, 0) is 50.3 Å². The van der Waals surface area contributed by atoms with Crippen molar-refractivity contribution in [1.29, 1.82) is 5.26 Å². The molecule has 1 aliphatic rings. The summed E-state index contributed by atoms with van der Waals surface area (Å²) < 4.78 is 13.1. The van der Waals surface area contributed by atoms with Gasteiger partial charge in [0.05, 0.1) is 17.6 Å². The lowest BCUT2D eigenvalue weighted by Gasteiger charge is -2.23. The minimum Gasteiger partial charge on any atom is -0.337 e. The third kappa shape index (κ3) is 3.96. The van der Waals surface area contributed by atoms with E-state index in [-0.39, 0.29) is 23.5 Å². The number of benzene rings is 1. The molecule has 0 saturated heterocycles. The molecule has 0 spiro atoms. The van der Waals surface area contributed by atoms with Gasteiger partial charge in [-0.15, -0.1) is 0 Å². The Morgan fingerprint density at radius 3 is 2.77 bits per heavy atom. The number of amides is 1. The standard InChI is InChI=1S/C16H19ClFN3O/c1-11(12-4-5-14(18)13(17)8-12)20-9-15(22)21-16(10-19)6-2-3-7-16/h4-5,8,11,20H,2-3,6-7,9H2,1H3,(H,21,22)/t11-/m0/s1. The molecular weight excluding hydrogens is 305 g/mol. The van der Waals surface area contributed by atoms with Crippen LogP contribution >= 0.6 is 11.6 Å². The van der Waals surface area contributed by atoms with E-state index in [0.717, 1.165) is 18.4 Å². The van der Waals surface area contributed by atoms with Gasteiger partial charge in [0.2, 0.25) is 5.91 Å². The molecule has 1 saturated carbocycles. The molecule has 0 unspecified atom stereocenters. The number of carbonyl (C=O) groups excluding carboxylic acids is 1. The average molecular weight is 324 g/mol. The summed E-state index contributed by atoms with van der Waals surface area (Å²) in [4.78, 5) is 12.0. The van der Waals surface area contributed by atoms with Gasteiger partial charge in [-0.2, -0.15) is 5.26 Å². The van der Waals surface area contributed by atoms with E-state index in [4.69, 9.17) is 11.6 Å². The summed E-state index contributed by atoms with van der Waals surface area (Å²) in [6.45, 7) is 1.96. The molecule has 0 heterocycles. The SMILES string of the molecule is C[C@H](NCC(=O)NC1(C#N)CCCC1)c1ccc(F)c(Cl)c1. The molecule has 0 aromatic heterocycles. The first-order valence-corrected chi connectivity index (χ1v) is 7.74. The lowest BCUT2D eigenvalue weighted by Crippen LogP contribution is -2.48. The quantitative estimate of drug-likeness (QED) is 0.875. The Hall–Kier alpha value is -1.64. The number of hydrogen-bond donors (Lipinski definition) is 2. The number of nitrogens with one attached hydrogen (secondary N) is 2. The van der Waals surface area contributed by atoms with Gasteiger partial charge in [-0.1, -0.05) is 17.7 Å². The molecule has 2 rings (SSSR count). The first-order valence-electron chi connectivity index (χ1n) is 7.36. The molecular formula is C16H19ClFN3O. The van der Waals surface area contributed by atoms with Crippen molar-refractivity contribution in [3.05, 3.63) is 34.6 Å². The summed E-state index contributed by atoms with van der Waals surface area (Å²) in [6, 6.07) is 6.55. The van der Waals surface area contributed by atoms with E-state index < -0.39 is 11.4 Å². The Bertz CT molecular complexity index is 594. The summed E-state index contributed by atoms with van der Waals surface area (Å²) in [6.07, 6.45) is 3.34. The maximum Gasteiger partial charge on any atom is 0.235 e. The third-order valence-electron chi connectivity index (χ3n) is 4.06. The first-order chi connectivity index (χ1) is 10.5. The predicted octanol–water partition coefficient (Wildman–Crippen LogP) is 3.08. The molecule has 1 fully saturated rings. The first kappa shape index (κ1) is 16.7. The van der Waals surface area contributed by atoms with Gasteiger partial charge >= 0.3 is 0 Å². The molecule has 118 valence electrons. The van der Waals surface area contributed by atoms with Crippen LogP contribution in [-0.2, 0) is 4.79 Å². The van der Waals surface area contributed by atoms with Crippen LogP contribution in [0.15, 0.2) is 18.2 Å². The smallest absolute Gasteiger partial charge is 0.235 e. The van der Waals surface area contributed by atoms with Gasteiger partial charge in [0.25, 0.3) is 0 Å². The highest BCUT2D eigenvalue weighted by Gasteiger charge is 2.35. The van der Waals surface area contributed by atoms with Crippen LogP contribution in [0.25, 0.3) is 0 Å². The molecule has 0 aliphatic heterocycles. The van der Waals surface area contributed by atoms with Crippen molar-refractivity contribution in [2.75, 3.05) is 6.54 Å².